The third-order valence-corrected chi connectivity index (χ3v) is 13.4. The summed E-state index contributed by atoms with van der Waals surface area (Å²) in [6.45, 7) is 14.8. The van der Waals surface area contributed by atoms with Crippen molar-refractivity contribution in [2.45, 2.75) is 40.4 Å². The summed E-state index contributed by atoms with van der Waals surface area (Å²) < 4.78 is 18.4. The highest BCUT2D eigenvalue weighted by Gasteiger charge is 2.41. The average Bonchev–Trinajstić information content (AvgIpc) is 2.75. The number of rotatable bonds is 12. The van der Waals surface area contributed by atoms with Crippen LogP contribution in [0.5, 0.6) is 0 Å². The van der Waals surface area contributed by atoms with Gasteiger partial charge in [0.05, 0.1) is 8.07 Å². The Morgan fingerprint density at radius 2 is 0.968 bits per heavy atom. The summed E-state index contributed by atoms with van der Waals surface area (Å²) in [6, 6.07) is 21.7. The van der Waals surface area contributed by atoms with Crippen LogP contribution in [-0.4, -0.2) is 44.8 Å². The molecule has 0 fully saturated rings. The molecular formula is C25H38O3Si3. The van der Waals surface area contributed by atoms with Crippen LogP contribution in [0.25, 0.3) is 0 Å². The molecular weight excluding hydrogens is 433 g/mol. The van der Waals surface area contributed by atoms with E-state index in [0.717, 1.165) is 0 Å². The lowest BCUT2D eigenvalue weighted by Gasteiger charge is -2.30. The van der Waals surface area contributed by atoms with E-state index in [2.05, 4.69) is 103 Å². The standard InChI is InChI=1S/C25H38O3Si3/c1-7-26-31(27-8-2,28-9-3)23-22-30(21-20-29(4,5)6,24-16-12-10-13-17-24)25-18-14-11-15-19-25/h10-23H,7-9H2,1-6H3. The van der Waals surface area contributed by atoms with Crippen molar-refractivity contribution >= 4 is 35.3 Å². The quantitative estimate of drug-likeness (QED) is 0.413. The van der Waals surface area contributed by atoms with Crippen molar-refractivity contribution in [2.75, 3.05) is 19.8 Å². The van der Waals surface area contributed by atoms with Crippen molar-refractivity contribution in [3.05, 3.63) is 83.5 Å². The molecule has 0 N–H and O–H groups in total. The van der Waals surface area contributed by atoms with Gasteiger partial charge in [0.2, 0.25) is 0 Å². The van der Waals surface area contributed by atoms with Crippen molar-refractivity contribution in [3.63, 3.8) is 0 Å². The predicted octanol–water partition coefficient (Wildman–Crippen LogP) is 4.91. The summed E-state index contributed by atoms with van der Waals surface area (Å²) in [5.74, 6) is 0. The van der Waals surface area contributed by atoms with Gasteiger partial charge in [-0.15, -0.1) is 5.70 Å². The third-order valence-electron chi connectivity index (χ3n) is 4.94. The second-order valence-electron chi connectivity index (χ2n) is 8.54. The first-order valence-electron chi connectivity index (χ1n) is 11.2. The second kappa shape index (κ2) is 11.9. The Labute approximate surface area is 192 Å². The predicted molar refractivity (Wildman–Crippen MR) is 140 cm³/mol. The van der Waals surface area contributed by atoms with Crippen LogP contribution in [-0.2, 0) is 13.3 Å². The van der Waals surface area contributed by atoms with Gasteiger partial charge in [-0.3, -0.25) is 0 Å². The van der Waals surface area contributed by atoms with Crippen LogP contribution in [0.4, 0.5) is 0 Å². The Balaban J connectivity index is 2.75. The smallest absolute Gasteiger partial charge is 0.371 e. The lowest BCUT2D eigenvalue weighted by atomic mass is 10.4. The molecule has 0 saturated heterocycles. The first kappa shape index (κ1) is 25.7. The summed E-state index contributed by atoms with van der Waals surface area (Å²) in [5, 5.41) is 2.69. The number of hydrogen-bond donors (Lipinski definition) is 0. The van der Waals surface area contributed by atoms with Gasteiger partial charge in [0.15, 0.2) is 8.07 Å². The summed E-state index contributed by atoms with van der Waals surface area (Å²) in [4.78, 5) is 0. The van der Waals surface area contributed by atoms with Gasteiger partial charge in [0.25, 0.3) is 0 Å². The van der Waals surface area contributed by atoms with Gasteiger partial charge in [0, 0.05) is 19.8 Å². The molecule has 31 heavy (non-hydrogen) atoms. The zero-order valence-electron chi connectivity index (χ0n) is 19.9. The van der Waals surface area contributed by atoms with Crippen molar-refractivity contribution in [2.24, 2.45) is 0 Å². The molecule has 2 aromatic carbocycles. The van der Waals surface area contributed by atoms with E-state index >= 15 is 0 Å². The van der Waals surface area contributed by atoms with Crippen LogP contribution in [0.2, 0.25) is 19.6 Å². The highest BCUT2D eigenvalue weighted by atomic mass is 28.4. The molecule has 6 heteroatoms. The van der Waals surface area contributed by atoms with Crippen molar-refractivity contribution < 1.29 is 13.3 Å². The van der Waals surface area contributed by atoms with Crippen molar-refractivity contribution in [1.82, 2.24) is 0 Å². The molecule has 0 unspecified atom stereocenters. The molecule has 0 aromatic heterocycles. The van der Waals surface area contributed by atoms with Crippen LogP contribution in [0.15, 0.2) is 83.5 Å². The maximum absolute atomic E-state index is 6.14. The van der Waals surface area contributed by atoms with Gasteiger partial charge in [-0.05, 0) is 36.8 Å². The lowest BCUT2D eigenvalue weighted by molar-refractivity contribution is 0.0843. The molecule has 3 nitrogen and oxygen atoms in total. The van der Waals surface area contributed by atoms with Gasteiger partial charge in [-0.2, -0.15) is 0 Å². The Morgan fingerprint density at radius 3 is 1.32 bits per heavy atom. The molecule has 2 aromatic rings. The Hall–Kier alpha value is -1.55. The summed E-state index contributed by atoms with van der Waals surface area (Å²) in [6.07, 6.45) is 0. The number of benzene rings is 2. The molecule has 0 aliphatic rings. The minimum Gasteiger partial charge on any atom is -0.371 e. The molecule has 2 rings (SSSR count). The molecule has 0 atom stereocenters. The normalized spacial score (nSPS) is 13.4. The molecule has 0 amide bonds. The van der Waals surface area contributed by atoms with Crippen LogP contribution in [0.1, 0.15) is 20.8 Å². The van der Waals surface area contributed by atoms with E-state index < -0.39 is 25.0 Å². The maximum atomic E-state index is 6.14. The van der Waals surface area contributed by atoms with E-state index in [1.807, 2.05) is 20.8 Å². The third kappa shape index (κ3) is 7.24. The van der Waals surface area contributed by atoms with Gasteiger partial charge in [0.1, 0.15) is 0 Å². The molecule has 0 aliphatic heterocycles. The van der Waals surface area contributed by atoms with Gasteiger partial charge in [-0.25, -0.2) is 0 Å². The van der Waals surface area contributed by atoms with E-state index in [4.69, 9.17) is 13.3 Å². The molecule has 0 aliphatic carbocycles. The topological polar surface area (TPSA) is 27.7 Å². The fourth-order valence-electron chi connectivity index (χ4n) is 3.52. The maximum Gasteiger partial charge on any atom is 0.528 e. The molecule has 0 heterocycles. The minimum absolute atomic E-state index is 0.562. The van der Waals surface area contributed by atoms with Crippen LogP contribution in [0, 0.1) is 0 Å². The first-order valence-corrected chi connectivity index (χ1v) is 18.8. The van der Waals surface area contributed by atoms with E-state index in [0.29, 0.717) is 19.8 Å². The van der Waals surface area contributed by atoms with Gasteiger partial charge >= 0.3 is 8.80 Å². The largest absolute Gasteiger partial charge is 0.528 e. The lowest BCUT2D eigenvalue weighted by Crippen LogP contribution is -2.57. The zero-order valence-corrected chi connectivity index (χ0v) is 22.9. The molecule has 0 saturated carbocycles. The van der Waals surface area contributed by atoms with Crippen molar-refractivity contribution in [1.29, 1.82) is 0 Å². The zero-order chi connectivity index (χ0) is 22.8. The van der Waals surface area contributed by atoms with Gasteiger partial charge in [-0.1, -0.05) is 91.7 Å². The minimum atomic E-state index is -2.91. The summed E-state index contributed by atoms with van der Waals surface area (Å²) in [5.41, 5.74) is 9.50. The molecule has 0 bridgehead atoms. The van der Waals surface area contributed by atoms with E-state index in [-0.39, 0.29) is 0 Å². The Bertz CT molecular complexity index is 774. The molecule has 168 valence electrons. The monoisotopic (exact) mass is 470 g/mol. The van der Waals surface area contributed by atoms with Crippen LogP contribution >= 0.6 is 0 Å². The summed E-state index contributed by atoms with van der Waals surface area (Å²) >= 11 is 0. The van der Waals surface area contributed by atoms with E-state index in [1.54, 1.807) is 0 Å². The van der Waals surface area contributed by atoms with Crippen molar-refractivity contribution in [3.8, 4) is 0 Å². The van der Waals surface area contributed by atoms with E-state index in [1.165, 1.54) is 10.4 Å². The summed E-state index contributed by atoms with van der Waals surface area (Å²) in [7, 11) is -6.72. The van der Waals surface area contributed by atoms with E-state index in [9.17, 15) is 0 Å². The highest BCUT2D eigenvalue weighted by Crippen LogP contribution is 2.18. The molecule has 0 radical (unpaired) electrons. The number of hydrogen-bond acceptors (Lipinski definition) is 3. The SMILES string of the molecule is CCO[Si](C=C[Si](C=C[Si](C)(C)C)(c1ccccc1)c1ccccc1)(OCC)OCC. The molecule has 0 spiro atoms. The Kier molecular flexibility index (Phi) is 9.87. The fourth-order valence-corrected chi connectivity index (χ4v) is 12.9. The van der Waals surface area contributed by atoms with Crippen LogP contribution < -0.4 is 10.4 Å². The highest BCUT2D eigenvalue weighted by molar-refractivity contribution is 7.10. The average molecular weight is 471 g/mol. The second-order valence-corrected chi connectivity index (χ2v) is 19.6. The Morgan fingerprint density at radius 1 is 0.581 bits per heavy atom. The first-order chi connectivity index (χ1) is 14.8. The van der Waals surface area contributed by atoms with Crippen LogP contribution in [0.3, 0.4) is 0 Å². The van der Waals surface area contributed by atoms with Gasteiger partial charge < -0.3 is 13.3 Å². The fraction of sp³-hybridized carbons (Fsp3) is 0.360.